The predicted octanol–water partition coefficient (Wildman–Crippen LogP) is 6.78. The van der Waals surface area contributed by atoms with Crippen LogP contribution in [-0.4, -0.2) is 24.2 Å². The zero-order valence-electron chi connectivity index (χ0n) is 20.6. The largest absolute Gasteiger partial charge is 0.478 e. The van der Waals surface area contributed by atoms with Crippen LogP contribution in [0.1, 0.15) is 63.4 Å². The molecular formula is C29H35NO5. The number of carbonyl (C=O) groups is 1. The average molecular weight is 478 g/mol. The number of hydrogen-bond acceptors (Lipinski definition) is 6. The summed E-state index contributed by atoms with van der Waals surface area (Å²) in [5.41, 5.74) is 2.53. The molecule has 2 aromatic heterocycles. The molecule has 6 heteroatoms. The summed E-state index contributed by atoms with van der Waals surface area (Å²) in [6.45, 7) is 6.46. The van der Waals surface area contributed by atoms with Gasteiger partial charge in [-0.1, -0.05) is 75.8 Å². The third kappa shape index (κ3) is 8.39. The molecule has 0 spiro atoms. The third-order valence-electron chi connectivity index (χ3n) is 5.98. The molecule has 0 unspecified atom stereocenters. The number of fused-ring (bicyclic) bond motifs is 1. The fourth-order valence-corrected chi connectivity index (χ4v) is 4.00. The molecule has 186 valence electrons. The topological polar surface area (TPSA) is 78.6 Å². The van der Waals surface area contributed by atoms with Gasteiger partial charge in [-0.25, -0.2) is 14.6 Å². The van der Waals surface area contributed by atoms with Crippen LogP contribution in [0.5, 0.6) is 5.88 Å². The maximum absolute atomic E-state index is 12.5. The number of unbranched alkanes of at least 4 members (excludes halogenated alkanes) is 8. The van der Waals surface area contributed by atoms with E-state index in [2.05, 4.69) is 11.6 Å². The Morgan fingerprint density at radius 1 is 0.943 bits per heavy atom. The number of ether oxygens (including phenoxy) is 2. The van der Waals surface area contributed by atoms with Gasteiger partial charge in [0.05, 0.1) is 25.0 Å². The molecule has 6 nitrogen and oxygen atoms in total. The highest BCUT2D eigenvalue weighted by Gasteiger charge is 2.11. The quantitative estimate of drug-likeness (QED) is 0.136. The summed E-state index contributed by atoms with van der Waals surface area (Å²) in [6, 6.07) is 11.5. The zero-order valence-corrected chi connectivity index (χ0v) is 20.6. The highest BCUT2D eigenvalue weighted by Crippen LogP contribution is 2.25. The number of hydrogen-bond donors (Lipinski definition) is 0. The van der Waals surface area contributed by atoms with Crippen LogP contribution in [0, 0.1) is 6.92 Å². The van der Waals surface area contributed by atoms with Crippen molar-refractivity contribution in [1.29, 1.82) is 0 Å². The standard InChI is InChI=1S/C29H35NO5/c1-3-28(31)34-18-14-10-8-6-4-5-7-9-13-17-33-27-20-23-19-25(24-16-12-11-15-22(24)2)29(32)35-26(23)21-30-27/h3,11-12,15-16,19-21H,1,4-10,13-14,17-18H2,2H3. The fourth-order valence-electron chi connectivity index (χ4n) is 4.00. The Morgan fingerprint density at radius 3 is 2.29 bits per heavy atom. The molecule has 3 aromatic rings. The molecule has 0 saturated heterocycles. The van der Waals surface area contributed by atoms with Crippen molar-refractivity contribution in [2.45, 2.75) is 64.7 Å². The van der Waals surface area contributed by atoms with E-state index in [-0.39, 0.29) is 11.6 Å². The van der Waals surface area contributed by atoms with Gasteiger partial charge in [-0.3, -0.25) is 0 Å². The van der Waals surface area contributed by atoms with Crippen LogP contribution < -0.4 is 10.4 Å². The first-order valence-corrected chi connectivity index (χ1v) is 12.5. The first kappa shape index (κ1) is 26.2. The van der Waals surface area contributed by atoms with Crippen LogP contribution in [-0.2, 0) is 9.53 Å². The minimum absolute atomic E-state index is 0.342. The van der Waals surface area contributed by atoms with Gasteiger partial charge < -0.3 is 13.9 Å². The van der Waals surface area contributed by atoms with Gasteiger partial charge in [0.15, 0.2) is 5.58 Å². The van der Waals surface area contributed by atoms with E-state index in [0.717, 1.165) is 42.2 Å². The molecule has 0 aliphatic rings. The first-order chi connectivity index (χ1) is 17.1. The molecule has 0 atom stereocenters. The van der Waals surface area contributed by atoms with Gasteiger partial charge in [0, 0.05) is 17.5 Å². The molecular weight excluding hydrogens is 442 g/mol. The maximum Gasteiger partial charge on any atom is 0.344 e. The van der Waals surface area contributed by atoms with Gasteiger partial charge in [0.25, 0.3) is 0 Å². The van der Waals surface area contributed by atoms with E-state index in [1.807, 2.05) is 43.3 Å². The van der Waals surface area contributed by atoms with Gasteiger partial charge >= 0.3 is 11.6 Å². The SMILES string of the molecule is C=CC(=O)OCCCCCCCCCCCOc1cc2cc(-c3ccccc3C)c(=O)oc2cn1. The fraction of sp³-hybridized carbons (Fsp3) is 0.414. The lowest BCUT2D eigenvalue weighted by atomic mass is 10.0. The van der Waals surface area contributed by atoms with E-state index >= 15 is 0 Å². The zero-order chi connectivity index (χ0) is 24.9. The summed E-state index contributed by atoms with van der Waals surface area (Å²) >= 11 is 0. The molecule has 35 heavy (non-hydrogen) atoms. The number of aromatic nitrogens is 1. The number of benzene rings is 1. The Balaban J connectivity index is 1.34. The minimum atomic E-state index is -0.365. The number of nitrogens with zero attached hydrogens (tertiary/aromatic N) is 1. The van der Waals surface area contributed by atoms with E-state index in [4.69, 9.17) is 13.9 Å². The number of rotatable bonds is 15. The van der Waals surface area contributed by atoms with Crippen molar-refractivity contribution in [2.75, 3.05) is 13.2 Å². The minimum Gasteiger partial charge on any atom is -0.478 e. The van der Waals surface area contributed by atoms with E-state index in [9.17, 15) is 9.59 Å². The van der Waals surface area contributed by atoms with Crippen molar-refractivity contribution in [2.24, 2.45) is 0 Å². The first-order valence-electron chi connectivity index (χ1n) is 12.5. The molecule has 0 amide bonds. The second kappa shape index (κ2) is 14.1. The third-order valence-corrected chi connectivity index (χ3v) is 5.98. The van der Waals surface area contributed by atoms with Crippen molar-refractivity contribution in [1.82, 2.24) is 4.98 Å². The highest BCUT2D eigenvalue weighted by atomic mass is 16.5. The second-order valence-electron chi connectivity index (χ2n) is 8.72. The summed E-state index contributed by atoms with van der Waals surface area (Å²) in [6.07, 6.45) is 12.9. The number of aryl methyl sites for hydroxylation is 1. The molecule has 0 saturated carbocycles. The average Bonchev–Trinajstić information content (AvgIpc) is 2.86. The van der Waals surface area contributed by atoms with Crippen molar-refractivity contribution >= 4 is 16.9 Å². The molecule has 0 N–H and O–H groups in total. The van der Waals surface area contributed by atoms with Crippen molar-refractivity contribution in [3.05, 3.63) is 71.2 Å². The summed E-state index contributed by atoms with van der Waals surface area (Å²) in [7, 11) is 0. The smallest absolute Gasteiger partial charge is 0.344 e. The van der Waals surface area contributed by atoms with E-state index < -0.39 is 0 Å². The predicted molar refractivity (Wildman–Crippen MR) is 139 cm³/mol. The van der Waals surface area contributed by atoms with Crippen LogP contribution in [0.3, 0.4) is 0 Å². The van der Waals surface area contributed by atoms with E-state index in [1.54, 1.807) is 6.20 Å². The lowest BCUT2D eigenvalue weighted by Crippen LogP contribution is -2.04. The van der Waals surface area contributed by atoms with E-state index in [1.165, 1.54) is 38.2 Å². The lowest BCUT2D eigenvalue weighted by molar-refractivity contribution is -0.137. The lowest BCUT2D eigenvalue weighted by Gasteiger charge is -2.08. The van der Waals surface area contributed by atoms with Crippen molar-refractivity contribution < 1.29 is 18.7 Å². The van der Waals surface area contributed by atoms with Crippen molar-refractivity contribution in [3.63, 3.8) is 0 Å². The Hall–Kier alpha value is -3.41. The molecule has 0 bridgehead atoms. The van der Waals surface area contributed by atoms with Crippen LogP contribution in [0.4, 0.5) is 0 Å². The number of esters is 1. The Morgan fingerprint density at radius 2 is 1.60 bits per heavy atom. The van der Waals surface area contributed by atoms with Crippen LogP contribution in [0.15, 0.2) is 64.5 Å². The normalized spacial score (nSPS) is 10.9. The number of pyridine rings is 1. The van der Waals surface area contributed by atoms with Crippen molar-refractivity contribution in [3.8, 4) is 17.0 Å². The van der Waals surface area contributed by atoms with Gasteiger partial charge in [-0.15, -0.1) is 0 Å². The van der Waals surface area contributed by atoms with Crippen LogP contribution >= 0.6 is 0 Å². The summed E-state index contributed by atoms with van der Waals surface area (Å²) in [4.78, 5) is 27.7. The van der Waals surface area contributed by atoms with Gasteiger partial charge in [0.2, 0.25) is 5.88 Å². The maximum atomic E-state index is 12.5. The molecule has 0 aliphatic heterocycles. The van der Waals surface area contributed by atoms with Crippen LogP contribution in [0.25, 0.3) is 22.1 Å². The highest BCUT2D eigenvalue weighted by molar-refractivity contribution is 5.82. The Bertz CT molecular complexity index is 1170. The molecule has 3 rings (SSSR count). The van der Waals surface area contributed by atoms with Gasteiger partial charge in [-0.2, -0.15) is 0 Å². The molecule has 2 heterocycles. The Labute approximate surface area is 207 Å². The van der Waals surface area contributed by atoms with E-state index in [0.29, 0.717) is 30.2 Å². The summed E-state index contributed by atoms with van der Waals surface area (Å²) < 4.78 is 16.3. The second-order valence-corrected chi connectivity index (χ2v) is 8.72. The molecule has 0 radical (unpaired) electrons. The summed E-state index contributed by atoms with van der Waals surface area (Å²) in [5, 5.41) is 0.798. The molecule has 0 fully saturated rings. The van der Waals surface area contributed by atoms with Gasteiger partial charge in [-0.05, 0) is 37.0 Å². The monoisotopic (exact) mass is 477 g/mol. The Kier molecular flexibility index (Phi) is 10.6. The summed E-state index contributed by atoms with van der Waals surface area (Å²) in [5.74, 6) is 0.201. The van der Waals surface area contributed by atoms with Crippen LogP contribution in [0.2, 0.25) is 0 Å². The number of carbonyl (C=O) groups excluding carboxylic acids is 1. The molecule has 0 aliphatic carbocycles. The van der Waals surface area contributed by atoms with Gasteiger partial charge in [0.1, 0.15) is 0 Å². The molecule has 1 aromatic carbocycles.